The Hall–Kier alpha value is -0.0800. The van der Waals surface area contributed by atoms with Crippen LogP contribution in [0.1, 0.15) is 25.7 Å². The van der Waals surface area contributed by atoms with Crippen LogP contribution in [0.3, 0.4) is 0 Å². The maximum Gasteiger partial charge on any atom is 0.0264 e. The molecule has 2 unspecified atom stereocenters. The third-order valence-corrected chi connectivity index (χ3v) is 2.40. The van der Waals surface area contributed by atoms with Crippen LogP contribution in [0, 0.1) is 0 Å². The molecule has 2 nitrogen and oxygen atoms in total. The molecule has 2 saturated heterocycles. The minimum Gasteiger partial charge on any atom is -0.328 e. The summed E-state index contributed by atoms with van der Waals surface area (Å²) >= 11 is 0. The molecule has 0 amide bonds. The summed E-state index contributed by atoms with van der Waals surface area (Å²) in [7, 11) is 0. The van der Waals surface area contributed by atoms with E-state index in [0.29, 0.717) is 18.1 Å². The average molecular weight is 125 g/mol. The number of rotatable bonds is 0. The second-order valence-electron chi connectivity index (χ2n) is 3.27. The van der Waals surface area contributed by atoms with Crippen LogP contribution in [-0.4, -0.2) is 18.1 Å². The van der Waals surface area contributed by atoms with Crippen LogP contribution in [-0.2, 0) is 0 Å². The highest BCUT2D eigenvalue weighted by Crippen LogP contribution is 2.27. The van der Waals surface area contributed by atoms with E-state index in [1.165, 1.54) is 12.8 Å². The van der Waals surface area contributed by atoms with Gasteiger partial charge in [-0.15, -0.1) is 0 Å². The number of nitrogens with zero attached hydrogens (tertiary/aromatic N) is 1. The van der Waals surface area contributed by atoms with Gasteiger partial charge >= 0.3 is 0 Å². The molecule has 0 aromatic heterocycles. The predicted molar refractivity (Wildman–Crippen MR) is 36.2 cm³/mol. The highest BCUT2D eigenvalue weighted by molar-refractivity contribution is 4.92. The van der Waals surface area contributed by atoms with E-state index in [9.17, 15) is 0 Å². The average Bonchev–Trinajstić information content (AvgIpc) is 2.11. The molecule has 0 aromatic rings. The molecule has 0 spiro atoms. The van der Waals surface area contributed by atoms with Crippen LogP contribution in [0.25, 0.3) is 0 Å². The first-order chi connectivity index (χ1) is 4.34. The van der Waals surface area contributed by atoms with Crippen LogP contribution in [0.2, 0.25) is 0 Å². The van der Waals surface area contributed by atoms with Crippen molar-refractivity contribution in [3.05, 3.63) is 0 Å². The third-order valence-electron chi connectivity index (χ3n) is 2.40. The monoisotopic (exact) mass is 125 g/mol. The molecular formula is C7H13N2. The standard InChI is InChI=1S/C7H13N2/c8-5-3-6-1-2-7(4-5)9-6/h5-7H,1-4,8H2. The summed E-state index contributed by atoms with van der Waals surface area (Å²) in [5.74, 6) is 0. The predicted octanol–water partition coefficient (Wildman–Crippen LogP) is 0.243. The van der Waals surface area contributed by atoms with Gasteiger partial charge in [0.1, 0.15) is 0 Å². The first-order valence-electron chi connectivity index (χ1n) is 3.80. The molecule has 2 bridgehead atoms. The third kappa shape index (κ3) is 0.970. The zero-order valence-electron chi connectivity index (χ0n) is 5.59. The smallest absolute Gasteiger partial charge is 0.0264 e. The van der Waals surface area contributed by atoms with Gasteiger partial charge in [0.15, 0.2) is 0 Å². The zero-order valence-corrected chi connectivity index (χ0v) is 5.59. The van der Waals surface area contributed by atoms with E-state index in [1.54, 1.807) is 0 Å². The lowest BCUT2D eigenvalue weighted by Crippen LogP contribution is -2.39. The van der Waals surface area contributed by atoms with E-state index >= 15 is 0 Å². The highest BCUT2D eigenvalue weighted by atomic mass is 15.0. The summed E-state index contributed by atoms with van der Waals surface area (Å²) in [4.78, 5) is 0. The van der Waals surface area contributed by atoms with Gasteiger partial charge in [0.05, 0.1) is 0 Å². The summed E-state index contributed by atoms with van der Waals surface area (Å²) in [6.07, 6.45) is 4.91. The van der Waals surface area contributed by atoms with Gasteiger partial charge in [0, 0.05) is 18.1 Å². The van der Waals surface area contributed by atoms with Crippen molar-refractivity contribution in [3.8, 4) is 0 Å². The molecule has 2 heterocycles. The fraction of sp³-hybridized carbons (Fsp3) is 1.00. The molecule has 2 aliphatic rings. The van der Waals surface area contributed by atoms with E-state index < -0.39 is 0 Å². The van der Waals surface area contributed by atoms with Crippen molar-refractivity contribution in [1.29, 1.82) is 0 Å². The number of fused-ring (bicyclic) bond motifs is 2. The van der Waals surface area contributed by atoms with Gasteiger partial charge in [-0.25, -0.2) is 5.32 Å². The molecule has 51 valence electrons. The van der Waals surface area contributed by atoms with Crippen LogP contribution in [0.5, 0.6) is 0 Å². The Morgan fingerprint density at radius 2 is 1.67 bits per heavy atom. The maximum absolute atomic E-state index is 5.80. The first-order valence-corrected chi connectivity index (χ1v) is 3.80. The normalized spacial score (nSPS) is 49.7. The minimum absolute atomic E-state index is 0.458. The molecule has 0 aromatic carbocycles. The van der Waals surface area contributed by atoms with Gasteiger partial charge in [0.2, 0.25) is 0 Å². The van der Waals surface area contributed by atoms with Crippen molar-refractivity contribution in [1.82, 2.24) is 5.32 Å². The lowest BCUT2D eigenvalue weighted by atomic mass is 10.0. The van der Waals surface area contributed by atoms with E-state index in [1.807, 2.05) is 0 Å². The van der Waals surface area contributed by atoms with Gasteiger partial charge in [-0.2, -0.15) is 0 Å². The van der Waals surface area contributed by atoms with Crippen LogP contribution in [0.15, 0.2) is 0 Å². The van der Waals surface area contributed by atoms with E-state index in [2.05, 4.69) is 5.32 Å². The number of nitrogens with two attached hydrogens (primary N) is 1. The largest absolute Gasteiger partial charge is 0.328 e. The molecule has 1 radical (unpaired) electrons. The van der Waals surface area contributed by atoms with Gasteiger partial charge in [0.25, 0.3) is 0 Å². The fourth-order valence-corrected chi connectivity index (χ4v) is 1.98. The molecule has 2 aliphatic heterocycles. The number of hydrogen-bond donors (Lipinski definition) is 1. The van der Waals surface area contributed by atoms with E-state index in [4.69, 9.17) is 5.73 Å². The Morgan fingerprint density at radius 3 is 2.22 bits per heavy atom. The van der Waals surface area contributed by atoms with Crippen molar-refractivity contribution in [2.45, 2.75) is 43.8 Å². The summed E-state index contributed by atoms with van der Waals surface area (Å²) in [6, 6.07) is 1.73. The second kappa shape index (κ2) is 1.96. The Labute approximate surface area is 55.8 Å². The van der Waals surface area contributed by atoms with Gasteiger partial charge < -0.3 is 5.73 Å². The van der Waals surface area contributed by atoms with Crippen molar-refractivity contribution in [2.75, 3.05) is 0 Å². The molecule has 2 heteroatoms. The van der Waals surface area contributed by atoms with Crippen LogP contribution in [0.4, 0.5) is 0 Å². The first kappa shape index (κ1) is 5.69. The van der Waals surface area contributed by atoms with Gasteiger partial charge in [-0.1, -0.05) is 0 Å². The fourth-order valence-electron chi connectivity index (χ4n) is 1.98. The van der Waals surface area contributed by atoms with E-state index in [-0.39, 0.29) is 0 Å². The molecule has 2 fully saturated rings. The summed E-state index contributed by atoms with van der Waals surface area (Å²) < 4.78 is 0. The number of hydrogen-bond acceptors (Lipinski definition) is 1. The molecule has 2 N–H and O–H groups in total. The van der Waals surface area contributed by atoms with Crippen molar-refractivity contribution < 1.29 is 0 Å². The molecule has 0 aliphatic carbocycles. The maximum atomic E-state index is 5.80. The Morgan fingerprint density at radius 1 is 1.11 bits per heavy atom. The Balaban J connectivity index is 2.03. The summed E-state index contributed by atoms with van der Waals surface area (Å²) in [6.45, 7) is 0. The lowest BCUT2D eigenvalue weighted by Gasteiger charge is -2.23. The second-order valence-corrected chi connectivity index (χ2v) is 3.27. The molecule has 2 rings (SSSR count). The summed E-state index contributed by atoms with van der Waals surface area (Å²) in [5, 5.41) is 4.56. The van der Waals surface area contributed by atoms with Crippen LogP contribution < -0.4 is 11.1 Å². The quantitative estimate of drug-likeness (QED) is 0.495. The molecule has 2 atom stereocenters. The molecule has 9 heavy (non-hydrogen) atoms. The van der Waals surface area contributed by atoms with Crippen molar-refractivity contribution in [2.24, 2.45) is 5.73 Å². The van der Waals surface area contributed by atoms with Crippen LogP contribution >= 0.6 is 0 Å². The van der Waals surface area contributed by atoms with Crippen molar-refractivity contribution >= 4 is 0 Å². The lowest BCUT2D eigenvalue weighted by molar-refractivity contribution is 0.356. The van der Waals surface area contributed by atoms with E-state index in [0.717, 1.165) is 12.8 Å². The van der Waals surface area contributed by atoms with Gasteiger partial charge in [-0.3, -0.25) is 0 Å². The van der Waals surface area contributed by atoms with Gasteiger partial charge in [-0.05, 0) is 25.7 Å². The minimum atomic E-state index is 0.458. The molecular weight excluding hydrogens is 112 g/mol. The zero-order chi connectivity index (χ0) is 6.27. The Kier molecular flexibility index (Phi) is 1.24. The highest BCUT2D eigenvalue weighted by Gasteiger charge is 2.32. The SMILES string of the molecule is NC1CC2CCC(C1)[N]2. The Bertz CT molecular complexity index is 101. The number of piperidine rings is 1. The topological polar surface area (TPSA) is 40.1 Å². The summed E-state index contributed by atoms with van der Waals surface area (Å²) in [5.41, 5.74) is 5.80. The molecule has 0 saturated carbocycles. The van der Waals surface area contributed by atoms with Crippen molar-refractivity contribution in [3.63, 3.8) is 0 Å².